The van der Waals surface area contributed by atoms with E-state index in [1.807, 2.05) is 0 Å². The second kappa shape index (κ2) is 23.0. The number of alkyl halides is 1. The minimum atomic E-state index is -0.756. The van der Waals surface area contributed by atoms with Crippen LogP contribution < -0.4 is 0 Å². The number of halogens is 2. The molecule has 0 radical (unpaired) electrons. The predicted molar refractivity (Wildman–Crippen MR) is 220 cm³/mol. The summed E-state index contributed by atoms with van der Waals surface area (Å²) in [6.07, 6.45) is 28.5. The molecule has 1 aromatic rings. The maximum Gasteiger partial charge on any atom is 0.141 e. The molecular formula is C48H87F2N. The number of hydrogen-bond donors (Lipinski definition) is 0. The van der Waals surface area contributed by atoms with Gasteiger partial charge in [0, 0.05) is 6.20 Å². The highest BCUT2D eigenvalue weighted by Gasteiger charge is 2.57. The van der Waals surface area contributed by atoms with Crippen molar-refractivity contribution in [1.29, 1.82) is 0 Å². The van der Waals surface area contributed by atoms with Crippen LogP contribution in [0.3, 0.4) is 0 Å². The average molecular weight is 716 g/mol. The van der Waals surface area contributed by atoms with E-state index in [1.165, 1.54) is 82.9 Å². The molecule has 0 aliphatic heterocycles. The summed E-state index contributed by atoms with van der Waals surface area (Å²) in [5.74, 6) is 9.10. The number of aromatic nitrogens is 1. The Labute approximate surface area is 318 Å². The molecule has 8 rings (SSSR count). The Morgan fingerprint density at radius 3 is 1.24 bits per heavy atom. The third kappa shape index (κ3) is 19.8. The van der Waals surface area contributed by atoms with Gasteiger partial charge in [0.15, 0.2) is 0 Å². The van der Waals surface area contributed by atoms with Crippen LogP contribution in [0.5, 0.6) is 0 Å². The van der Waals surface area contributed by atoms with Gasteiger partial charge in [-0.2, -0.15) is 0 Å². The highest BCUT2D eigenvalue weighted by atomic mass is 19.1. The first-order valence-electron chi connectivity index (χ1n) is 22.2. The molecule has 2 bridgehead atoms. The molecule has 0 spiro atoms. The van der Waals surface area contributed by atoms with Crippen LogP contribution in [-0.4, -0.2) is 10.7 Å². The zero-order valence-corrected chi connectivity index (χ0v) is 36.1. The minimum Gasteiger partial charge on any atom is -0.261 e. The lowest BCUT2D eigenvalue weighted by atomic mass is 9.41. The fourth-order valence-corrected chi connectivity index (χ4v) is 8.60. The second-order valence-electron chi connectivity index (χ2n) is 20.6. The number of pyridine rings is 1. The first-order valence-corrected chi connectivity index (χ1v) is 22.2. The summed E-state index contributed by atoms with van der Waals surface area (Å²) >= 11 is 0. The molecule has 7 aliphatic carbocycles. The smallest absolute Gasteiger partial charge is 0.141 e. The van der Waals surface area contributed by atoms with Crippen LogP contribution in [0.1, 0.15) is 204 Å². The molecule has 7 aliphatic rings. The molecule has 3 heteroatoms. The largest absolute Gasteiger partial charge is 0.261 e. The highest BCUT2D eigenvalue weighted by Crippen LogP contribution is 2.67. The Balaban J connectivity index is 0.000000213. The minimum absolute atomic E-state index is 0.247. The molecule has 0 aromatic carbocycles. The SMILES string of the molecule is CC(C)C12CC(C1)C2.CC(C)CC1(F)CCC1.CC(C)CC1CC1.CC(C)CC1CCC1.CC(C)CC1CCC1.CC(C)Cc1cncc(F)c1. The number of rotatable bonds is 11. The van der Waals surface area contributed by atoms with Gasteiger partial charge in [-0.1, -0.05) is 134 Å². The van der Waals surface area contributed by atoms with Gasteiger partial charge < -0.3 is 0 Å². The molecule has 0 saturated heterocycles. The molecule has 1 heterocycles. The van der Waals surface area contributed by atoms with E-state index in [0.717, 1.165) is 90.4 Å². The Hall–Kier alpha value is -0.990. The van der Waals surface area contributed by atoms with Gasteiger partial charge >= 0.3 is 0 Å². The van der Waals surface area contributed by atoms with E-state index in [-0.39, 0.29) is 5.82 Å². The molecule has 1 aromatic heterocycles. The lowest BCUT2D eigenvalue weighted by Gasteiger charge is -2.64. The molecule has 7 fully saturated rings. The standard InChI is InChI=1S/C9H12FN.C8H15F.C8H14.2C8H16.C7H14/c1-7(2)3-8-4-9(10)6-11-5-8;1-7(2)6-8(9)4-3-5-8;1-6(2)8-3-7(4-8)5-8;2*1-7(2)6-8-4-3-5-8;1-6(2)5-7-3-4-7/h4-7H,3H2,1-2H3;7H,3-6H2,1-2H3;6-7H,3-5H2,1-2H3;2*7-8H,3-6H2,1-2H3;6-7H,3-5H2,1-2H3. The maximum atomic E-state index is 13.2. The normalized spacial score (nSPS) is 24.0. The zero-order valence-electron chi connectivity index (χ0n) is 36.1. The molecular weight excluding hydrogens is 629 g/mol. The molecule has 0 N–H and O–H groups in total. The summed E-state index contributed by atoms with van der Waals surface area (Å²) in [6.45, 7) is 27.0. The van der Waals surface area contributed by atoms with Crippen molar-refractivity contribution in [1.82, 2.24) is 4.98 Å². The van der Waals surface area contributed by atoms with Crippen molar-refractivity contribution in [2.45, 2.75) is 211 Å². The van der Waals surface area contributed by atoms with Crippen LogP contribution >= 0.6 is 0 Å². The predicted octanol–water partition coefficient (Wildman–Crippen LogP) is 15.9. The summed E-state index contributed by atoms with van der Waals surface area (Å²) in [6, 6.07) is 1.53. The monoisotopic (exact) mass is 716 g/mol. The van der Waals surface area contributed by atoms with Crippen molar-refractivity contribution < 1.29 is 8.78 Å². The van der Waals surface area contributed by atoms with Crippen LogP contribution in [-0.2, 0) is 6.42 Å². The Morgan fingerprint density at radius 1 is 0.608 bits per heavy atom. The molecule has 7 saturated carbocycles. The summed E-state index contributed by atoms with van der Waals surface area (Å²) in [4.78, 5) is 3.76. The molecule has 0 unspecified atom stereocenters. The lowest BCUT2D eigenvalue weighted by Crippen LogP contribution is -2.54. The van der Waals surface area contributed by atoms with Gasteiger partial charge in [-0.15, -0.1) is 0 Å². The van der Waals surface area contributed by atoms with Crippen LogP contribution in [0, 0.1) is 70.4 Å². The van der Waals surface area contributed by atoms with Crippen molar-refractivity contribution in [2.24, 2.45) is 64.6 Å². The fraction of sp³-hybridized carbons (Fsp3) is 0.896. The molecule has 51 heavy (non-hydrogen) atoms. The Kier molecular flexibility index (Phi) is 20.9. The lowest BCUT2D eigenvalue weighted by molar-refractivity contribution is -0.141. The van der Waals surface area contributed by atoms with Gasteiger partial charge in [0.25, 0.3) is 0 Å². The average Bonchev–Trinajstić information content (AvgIpc) is 3.70. The number of hydrogen-bond acceptors (Lipinski definition) is 1. The van der Waals surface area contributed by atoms with Crippen molar-refractivity contribution >= 4 is 0 Å². The van der Waals surface area contributed by atoms with Gasteiger partial charge in [-0.3, -0.25) is 4.98 Å². The summed E-state index contributed by atoms with van der Waals surface area (Å²) in [5.41, 5.74) is 1.08. The van der Waals surface area contributed by atoms with Crippen LogP contribution in [0.25, 0.3) is 0 Å². The van der Waals surface area contributed by atoms with Gasteiger partial charge in [-0.05, 0) is 147 Å². The first-order chi connectivity index (χ1) is 23.9. The van der Waals surface area contributed by atoms with E-state index >= 15 is 0 Å². The Bertz CT molecular complexity index is 988. The summed E-state index contributed by atoms with van der Waals surface area (Å²) < 4.78 is 25.7. The van der Waals surface area contributed by atoms with Crippen molar-refractivity contribution in [2.75, 3.05) is 0 Å². The maximum absolute atomic E-state index is 13.2. The molecule has 1 nitrogen and oxygen atoms in total. The topological polar surface area (TPSA) is 12.9 Å². The van der Waals surface area contributed by atoms with Crippen LogP contribution in [0.15, 0.2) is 18.5 Å². The van der Waals surface area contributed by atoms with E-state index in [4.69, 9.17) is 0 Å². The zero-order chi connectivity index (χ0) is 38.2. The number of nitrogens with zero attached hydrogens (tertiary/aromatic N) is 1. The highest BCUT2D eigenvalue weighted by molar-refractivity contribution is 5.10. The van der Waals surface area contributed by atoms with Gasteiger partial charge in [0.05, 0.1) is 6.20 Å². The van der Waals surface area contributed by atoms with Crippen LogP contribution in [0.2, 0.25) is 0 Å². The second-order valence-corrected chi connectivity index (χ2v) is 20.6. The van der Waals surface area contributed by atoms with E-state index < -0.39 is 5.67 Å². The quantitative estimate of drug-likeness (QED) is 0.222. The van der Waals surface area contributed by atoms with Gasteiger partial charge in [-0.25, -0.2) is 8.78 Å². The van der Waals surface area contributed by atoms with E-state index in [1.54, 1.807) is 25.5 Å². The molecule has 0 atom stereocenters. The third-order valence-electron chi connectivity index (χ3n) is 12.3. The van der Waals surface area contributed by atoms with Crippen LogP contribution in [0.4, 0.5) is 8.78 Å². The summed E-state index contributed by atoms with van der Waals surface area (Å²) in [5, 5.41) is 0. The fourth-order valence-electron chi connectivity index (χ4n) is 8.60. The molecule has 298 valence electrons. The van der Waals surface area contributed by atoms with Crippen molar-refractivity contribution in [3.63, 3.8) is 0 Å². The third-order valence-corrected chi connectivity index (χ3v) is 12.3. The Morgan fingerprint density at radius 2 is 1.06 bits per heavy atom. The summed E-state index contributed by atoms with van der Waals surface area (Å²) in [7, 11) is 0. The van der Waals surface area contributed by atoms with Crippen molar-refractivity contribution in [3.05, 3.63) is 29.8 Å². The first kappa shape index (κ1) is 46.2. The van der Waals surface area contributed by atoms with Gasteiger partial charge in [0.1, 0.15) is 11.5 Å². The van der Waals surface area contributed by atoms with E-state index in [9.17, 15) is 8.78 Å². The molecule has 0 amide bonds. The van der Waals surface area contributed by atoms with Gasteiger partial charge in [0.2, 0.25) is 0 Å². The van der Waals surface area contributed by atoms with Crippen molar-refractivity contribution in [3.8, 4) is 0 Å². The van der Waals surface area contributed by atoms with E-state index in [0.29, 0.717) is 11.8 Å². The van der Waals surface area contributed by atoms with E-state index in [2.05, 4.69) is 88.1 Å².